The molecule has 1 aliphatic heterocycles. The highest BCUT2D eigenvalue weighted by Crippen LogP contribution is 2.63. The first-order valence-electron chi connectivity index (χ1n) is 5.36. The molecule has 1 saturated carbocycles. The summed E-state index contributed by atoms with van der Waals surface area (Å²) >= 11 is 0. The lowest BCUT2D eigenvalue weighted by atomic mass is 10.1. The lowest BCUT2D eigenvalue weighted by molar-refractivity contribution is -0.143. The van der Waals surface area contributed by atoms with Gasteiger partial charge in [-0.15, -0.1) is 0 Å². The minimum absolute atomic E-state index is 0.0328. The van der Waals surface area contributed by atoms with E-state index in [1.165, 1.54) is 4.90 Å². The van der Waals surface area contributed by atoms with Crippen molar-refractivity contribution in [2.75, 3.05) is 0 Å². The predicted molar refractivity (Wildman–Crippen MR) is 54.9 cm³/mol. The Morgan fingerprint density at radius 1 is 1.38 bits per heavy atom. The van der Waals surface area contributed by atoms with E-state index < -0.39 is 0 Å². The Morgan fingerprint density at radius 3 is 2.50 bits per heavy atom. The van der Waals surface area contributed by atoms with E-state index in [1.54, 1.807) is 12.5 Å². The zero-order valence-corrected chi connectivity index (χ0v) is 9.23. The summed E-state index contributed by atoms with van der Waals surface area (Å²) in [6, 6.07) is 0. The number of H-pyrrole nitrogens is 1. The Hall–Kier alpha value is -1.65. The molecule has 5 heteroatoms. The van der Waals surface area contributed by atoms with Crippen LogP contribution in [0.5, 0.6) is 0 Å². The van der Waals surface area contributed by atoms with Crippen LogP contribution in [0.4, 0.5) is 0 Å². The number of aromatic amines is 1. The third-order valence-corrected chi connectivity index (χ3v) is 3.77. The van der Waals surface area contributed by atoms with Gasteiger partial charge in [-0.1, -0.05) is 13.8 Å². The second-order valence-electron chi connectivity index (χ2n) is 5.12. The molecule has 5 nitrogen and oxygen atoms in total. The standard InChI is InChI=1S/C11H13N3O2/c1-11(2)7-8(11)10(16)14(9(7)15)4-6-3-12-5-13-6/h3,5,7-8H,4H2,1-2H3,(H,12,13). The molecule has 3 rings (SSSR count). The molecule has 1 aromatic heterocycles. The lowest BCUT2D eigenvalue weighted by Crippen LogP contribution is -2.35. The van der Waals surface area contributed by atoms with E-state index in [9.17, 15) is 9.59 Å². The van der Waals surface area contributed by atoms with Crippen LogP contribution < -0.4 is 0 Å². The van der Waals surface area contributed by atoms with Crippen molar-refractivity contribution in [2.45, 2.75) is 20.4 Å². The molecule has 2 unspecified atom stereocenters. The first kappa shape index (κ1) is 9.57. The molecule has 16 heavy (non-hydrogen) atoms. The summed E-state index contributed by atoms with van der Waals surface area (Å²) in [5.74, 6) is -0.255. The number of hydrogen-bond acceptors (Lipinski definition) is 3. The van der Waals surface area contributed by atoms with Crippen LogP contribution in [0.25, 0.3) is 0 Å². The quantitative estimate of drug-likeness (QED) is 0.739. The number of aromatic nitrogens is 2. The number of carbonyl (C=O) groups excluding carboxylic acids is 2. The zero-order valence-electron chi connectivity index (χ0n) is 9.23. The molecule has 2 heterocycles. The monoisotopic (exact) mass is 219 g/mol. The summed E-state index contributed by atoms with van der Waals surface area (Å²) < 4.78 is 0. The Kier molecular flexibility index (Phi) is 1.63. The SMILES string of the molecule is CC1(C)C2C(=O)N(Cc3cnc[nH]3)C(=O)C21. The minimum Gasteiger partial charge on any atom is -0.347 e. The Morgan fingerprint density at radius 2 is 2.00 bits per heavy atom. The van der Waals surface area contributed by atoms with Crippen LogP contribution in [0.15, 0.2) is 12.5 Å². The number of imide groups is 1. The second-order valence-corrected chi connectivity index (χ2v) is 5.12. The third-order valence-electron chi connectivity index (χ3n) is 3.77. The summed E-state index contributed by atoms with van der Waals surface area (Å²) in [6.07, 6.45) is 3.18. The average Bonchev–Trinajstić information content (AvgIpc) is 2.59. The van der Waals surface area contributed by atoms with Crippen molar-refractivity contribution < 1.29 is 9.59 Å². The number of nitrogens with one attached hydrogen (secondary N) is 1. The largest absolute Gasteiger partial charge is 0.347 e. The van der Waals surface area contributed by atoms with Crippen molar-refractivity contribution in [1.82, 2.24) is 14.9 Å². The Labute approximate surface area is 92.9 Å². The van der Waals surface area contributed by atoms with Crippen LogP contribution in [0, 0.1) is 17.3 Å². The molecule has 2 amide bonds. The maximum atomic E-state index is 12.0. The number of carbonyl (C=O) groups is 2. The molecule has 0 spiro atoms. The van der Waals surface area contributed by atoms with Crippen molar-refractivity contribution in [2.24, 2.45) is 17.3 Å². The van der Waals surface area contributed by atoms with Crippen molar-refractivity contribution in [3.8, 4) is 0 Å². The fraction of sp³-hybridized carbons (Fsp3) is 0.545. The van der Waals surface area contributed by atoms with E-state index in [4.69, 9.17) is 0 Å². The Bertz CT molecular complexity index is 440. The molecular weight excluding hydrogens is 206 g/mol. The van der Waals surface area contributed by atoms with Crippen LogP contribution in [0.2, 0.25) is 0 Å². The highest BCUT2D eigenvalue weighted by Gasteiger charge is 2.72. The molecule has 0 aromatic carbocycles. The van der Waals surface area contributed by atoms with Crippen LogP contribution in [-0.2, 0) is 16.1 Å². The fourth-order valence-electron chi connectivity index (χ4n) is 2.70. The van der Waals surface area contributed by atoms with Crippen molar-refractivity contribution >= 4 is 11.8 Å². The summed E-state index contributed by atoms with van der Waals surface area (Å²) in [4.78, 5) is 32.0. The average molecular weight is 219 g/mol. The molecule has 1 aromatic rings. The number of nitrogens with zero attached hydrogens (tertiary/aromatic N) is 2. The van der Waals surface area contributed by atoms with Gasteiger partial charge in [-0.3, -0.25) is 14.5 Å². The molecule has 2 aliphatic rings. The van der Waals surface area contributed by atoms with Crippen molar-refractivity contribution in [3.05, 3.63) is 18.2 Å². The van der Waals surface area contributed by atoms with E-state index in [2.05, 4.69) is 9.97 Å². The van der Waals surface area contributed by atoms with E-state index in [1.807, 2.05) is 13.8 Å². The van der Waals surface area contributed by atoms with E-state index >= 15 is 0 Å². The van der Waals surface area contributed by atoms with Crippen LogP contribution in [0.1, 0.15) is 19.5 Å². The predicted octanol–water partition coefficient (Wildman–Crippen LogP) is 0.551. The summed E-state index contributed by atoms with van der Waals surface area (Å²) in [6.45, 7) is 4.28. The van der Waals surface area contributed by atoms with Gasteiger partial charge < -0.3 is 4.98 Å². The van der Waals surface area contributed by atoms with E-state index in [0.29, 0.717) is 6.54 Å². The number of rotatable bonds is 2. The van der Waals surface area contributed by atoms with Gasteiger partial charge in [0, 0.05) is 6.20 Å². The third kappa shape index (κ3) is 1.03. The topological polar surface area (TPSA) is 66.1 Å². The summed E-state index contributed by atoms with van der Waals surface area (Å²) in [7, 11) is 0. The van der Waals surface area contributed by atoms with Gasteiger partial charge in [0.2, 0.25) is 11.8 Å². The summed E-state index contributed by atoms with van der Waals surface area (Å²) in [5, 5.41) is 0. The van der Waals surface area contributed by atoms with E-state index in [-0.39, 0.29) is 29.1 Å². The van der Waals surface area contributed by atoms with Gasteiger partial charge in [0.1, 0.15) is 0 Å². The molecule has 84 valence electrons. The number of fused-ring (bicyclic) bond motifs is 1. The van der Waals surface area contributed by atoms with Gasteiger partial charge in [-0.2, -0.15) is 0 Å². The van der Waals surface area contributed by atoms with Gasteiger partial charge >= 0.3 is 0 Å². The van der Waals surface area contributed by atoms with Gasteiger partial charge in [0.15, 0.2) is 0 Å². The van der Waals surface area contributed by atoms with E-state index in [0.717, 1.165) is 5.69 Å². The van der Waals surface area contributed by atoms with Crippen LogP contribution in [0.3, 0.4) is 0 Å². The van der Waals surface area contributed by atoms with Gasteiger partial charge in [0.05, 0.1) is 30.4 Å². The smallest absolute Gasteiger partial charge is 0.234 e. The first-order valence-corrected chi connectivity index (χ1v) is 5.36. The van der Waals surface area contributed by atoms with Gasteiger partial charge in [-0.25, -0.2) is 4.98 Å². The fourth-order valence-corrected chi connectivity index (χ4v) is 2.70. The highest BCUT2D eigenvalue weighted by molar-refractivity contribution is 6.10. The highest BCUT2D eigenvalue weighted by atomic mass is 16.2. The molecular formula is C11H13N3O2. The van der Waals surface area contributed by atoms with Gasteiger partial charge in [0.25, 0.3) is 0 Å². The number of hydrogen-bond donors (Lipinski definition) is 1. The second kappa shape index (κ2) is 2.72. The van der Waals surface area contributed by atoms with Gasteiger partial charge in [-0.05, 0) is 5.41 Å². The van der Waals surface area contributed by atoms with Crippen LogP contribution >= 0.6 is 0 Å². The van der Waals surface area contributed by atoms with Crippen molar-refractivity contribution in [1.29, 1.82) is 0 Å². The molecule has 0 radical (unpaired) electrons. The minimum atomic E-state index is -0.126. The number of likely N-dealkylation sites (tertiary alicyclic amines) is 1. The number of imidazole rings is 1. The molecule has 2 fully saturated rings. The molecule has 0 bridgehead atoms. The number of amides is 2. The molecule has 1 saturated heterocycles. The first-order chi connectivity index (χ1) is 7.53. The van der Waals surface area contributed by atoms with Crippen LogP contribution in [-0.4, -0.2) is 26.7 Å². The summed E-state index contributed by atoms with van der Waals surface area (Å²) in [5.41, 5.74) is 0.666. The lowest BCUT2D eigenvalue weighted by Gasteiger charge is -2.19. The van der Waals surface area contributed by atoms with Crippen molar-refractivity contribution in [3.63, 3.8) is 0 Å². The molecule has 1 aliphatic carbocycles. The number of piperidine rings is 1. The zero-order chi connectivity index (χ0) is 11.5. The maximum Gasteiger partial charge on any atom is 0.234 e. The Balaban J connectivity index is 1.81. The normalized spacial score (nSPS) is 30.8. The maximum absolute atomic E-state index is 12.0. The molecule has 2 atom stereocenters. The molecule has 1 N–H and O–H groups in total.